The first kappa shape index (κ1) is 17.7. The Kier molecular flexibility index (Phi) is 4.48. The van der Waals surface area contributed by atoms with Gasteiger partial charge in [-0.05, 0) is 31.0 Å². The summed E-state index contributed by atoms with van der Waals surface area (Å²) < 4.78 is 5.79. The van der Waals surface area contributed by atoms with E-state index >= 15 is 0 Å². The molecule has 1 aliphatic carbocycles. The smallest absolute Gasteiger partial charge is 0.226 e. The Hall–Kier alpha value is -2.66. The number of amides is 1. The molecule has 1 aromatic heterocycles. The van der Waals surface area contributed by atoms with Gasteiger partial charge in [0, 0.05) is 33.6 Å². The van der Waals surface area contributed by atoms with Gasteiger partial charge in [-0.2, -0.15) is 0 Å². The number of phenolic OH excluding ortho intramolecular Hbond substituents is 1. The second-order valence-corrected chi connectivity index (χ2v) is 7.73. The van der Waals surface area contributed by atoms with Crippen LogP contribution in [0, 0.1) is 5.41 Å². The minimum absolute atomic E-state index is 0.103. The van der Waals surface area contributed by atoms with E-state index in [0.29, 0.717) is 22.9 Å². The topological polar surface area (TPSA) is 74.3 Å². The van der Waals surface area contributed by atoms with E-state index in [1.54, 1.807) is 18.2 Å². The summed E-state index contributed by atoms with van der Waals surface area (Å²) >= 11 is 6.34. The molecule has 0 saturated heterocycles. The number of halogens is 1. The molecule has 4 rings (SSSR count). The number of carbonyl (C=O) groups excluding carboxylic acids is 1. The fourth-order valence-electron chi connectivity index (χ4n) is 2.99. The van der Waals surface area contributed by atoms with Gasteiger partial charge in [0.2, 0.25) is 5.91 Å². The molecule has 1 amide bonds. The van der Waals surface area contributed by atoms with Crippen LogP contribution in [0.1, 0.15) is 31.0 Å². The number of aromatic nitrogens is 1. The van der Waals surface area contributed by atoms with Crippen molar-refractivity contribution in [3.05, 3.63) is 58.7 Å². The van der Waals surface area contributed by atoms with Crippen molar-refractivity contribution in [1.29, 1.82) is 0 Å². The number of hydrogen-bond acceptors (Lipinski definition) is 3. The molecule has 3 aromatic rings. The molecule has 6 heteroatoms. The van der Waals surface area contributed by atoms with Crippen LogP contribution in [0.4, 0.5) is 0 Å². The molecule has 1 aliphatic rings. The number of aromatic hydroxyl groups is 1. The van der Waals surface area contributed by atoms with Crippen molar-refractivity contribution in [2.24, 2.45) is 5.41 Å². The summed E-state index contributed by atoms with van der Waals surface area (Å²) in [7, 11) is 0. The Morgan fingerprint density at radius 2 is 2.07 bits per heavy atom. The molecule has 0 radical (unpaired) electrons. The molecule has 0 aliphatic heterocycles. The molecular weight excluding hydrogens is 364 g/mol. The van der Waals surface area contributed by atoms with Crippen LogP contribution in [0.15, 0.2) is 42.5 Å². The summed E-state index contributed by atoms with van der Waals surface area (Å²) in [5.41, 5.74) is 2.31. The van der Waals surface area contributed by atoms with E-state index in [-0.39, 0.29) is 23.7 Å². The van der Waals surface area contributed by atoms with E-state index in [1.165, 1.54) is 0 Å². The number of fused-ring (bicyclic) bond motifs is 1. The first-order chi connectivity index (χ1) is 12.9. The number of nitrogens with one attached hydrogen (secondary N) is 2. The average Bonchev–Trinajstić information content (AvgIpc) is 3.28. The van der Waals surface area contributed by atoms with Crippen molar-refractivity contribution in [3.63, 3.8) is 0 Å². The summed E-state index contributed by atoms with van der Waals surface area (Å²) in [4.78, 5) is 15.4. The van der Waals surface area contributed by atoms with E-state index in [9.17, 15) is 9.90 Å². The molecule has 2 aromatic carbocycles. The predicted molar refractivity (Wildman–Crippen MR) is 105 cm³/mol. The summed E-state index contributed by atoms with van der Waals surface area (Å²) in [6.45, 7) is 2.66. The molecule has 1 saturated carbocycles. The molecular formula is C21H21ClN2O3. The lowest BCUT2D eigenvalue weighted by Gasteiger charge is -2.09. The van der Waals surface area contributed by atoms with Crippen molar-refractivity contribution >= 4 is 28.4 Å². The number of carbonyl (C=O) groups is 1. The average molecular weight is 385 g/mol. The number of benzene rings is 2. The third-order valence-corrected chi connectivity index (χ3v) is 5.39. The number of aromatic amines is 1. The van der Waals surface area contributed by atoms with Gasteiger partial charge in [0.05, 0.1) is 11.6 Å². The summed E-state index contributed by atoms with van der Waals surface area (Å²) in [5, 5.41) is 14.3. The number of rotatable bonds is 6. The van der Waals surface area contributed by atoms with E-state index in [2.05, 4.69) is 10.3 Å². The molecule has 3 N–H and O–H groups in total. The second-order valence-electron chi connectivity index (χ2n) is 7.33. The maximum absolute atomic E-state index is 12.1. The summed E-state index contributed by atoms with van der Waals surface area (Å²) in [6.07, 6.45) is 1.91. The number of hydrogen-bond donors (Lipinski definition) is 3. The molecule has 1 heterocycles. The highest BCUT2D eigenvalue weighted by Gasteiger charge is 2.44. The van der Waals surface area contributed by atoms with E-state index in [4.69, 9.17) is 16.3 Å². The van der Waals surface area contributed by atoms with Gasteiger partial charge in [-0.25, -0.2) is 0 Å². The third-order valence-electron chi connectivity index (χ3n) is 5.09. The van der Waals surface area contributed by atoms with Gasteiger partial charge in [0.15, 0.2) is 0 Å². The van der Waals surface area contributed by atoms with Crippen LogP contribution >= 0.6 is 11.6 Å². The lowest BCUT2D eigenvalue weighted by molar-refractivity contribution is -0.125. The maximum Gasteiger partial charge on any atom is 0.226 e. The first-order valence-electron chi connectivity index (χ1n) is 8.94. The minimum atomic E-state index is -0.181. The highest BCUT2D eigenvalue weighted by atomic mass is 35.5. The van der Waals surface area contributed by atoms with Crippen LogP contribution in [0.25, 0.3) is 10.9 Å². The van der Waals surface area contributed by atoms with Gasteiger partial charge < -0.3 is 20.1 Å². The zero-order valence-electron chi connectivity index (χ0n) is 15.0. The van der Waals surface area contributed by atoms with Crippen LogP contribution in [0.3, 0.4) is 0 Å². The molecule has 27 heavy (non-hydrogen) atoms. The molecule has 140 valence electrons. The van der Waals surface area contributed by atoms with Gasteiger partial charge in [0.25, 0.3) is 0 Å². The van der Waals surface area contributed by atoms with Crippen molar-refractivity contribution in [3.8, 4) is 11.5 Å². The van der Waals surface area contributed by atoms with E-state index in [1.807, 2.05) is 31.2 Å². The molecule has 0 unspecified atom stereocenters. The van der Waals surface area contributed by atoms with Crippen LogP contribution < -0.4 is 10.1 Å². The van der Waals surface area contributed by atoms with Gasteiger partial charge in [-0.1, -0.05) is 36.7 Å². The van der Waals surface area contributed by atoms with E-state index in [0.717, 1.165) is 29.4 Å². The zero-order valence-corrected chi connectivity index (χ0v) is 15.8. The van der Waals surface area contributed by atoms with Gasteiger partial charge >= 0.3 is 0 Å². The molecule has 5 nitrogen and oxygen atoms in total. The Balaban J connectivity index is 1.47. The van der Waals surface area contributed by atoms with Gasteiger partial charge in [-0.3, -0.25) is 4.79 Å². The fraction of sp³-hybridized carbons (Fsp3) is 0.286. The summed E-state index contributed by atoms with van der Waals surface area (Å²) in [6, 6.07) is 12.7. The summed E-state index contributed by atoms with van der Waals surface area (Å²) in [5.74, 6) is 0.832. The lowest BCUT2D eigenvalue weighted by Crippen LogP contribution is -2.29. The first-order valence-corrected chi connectivity index (χ1v) is 9.31. The van der Waals surface area contributed by atoms with Crippen LogP contribution in [0.2, 0.25) is 5.02 Å². The fourth-order valence-corrected chi connectivity index (χ4v) is 3.22. The van der Waals surface area contributed by atoms with Gasteiger partial charge in [-0.15, -0.1) is 0 Å². The predicted octanol–water partition coefficient (Wildman–Crippen LogP) is 4.52. The Morgan fingerprint density at radius 1 is 1.30 bits per heavy atom. The van der Waals surface area contributed by atoms with Crippen molar-refractivity contribution in [2.75, 3.05) is 0 Å². The zero-order chi connectivity index (χ0) is 19.0. The number of phenols is 1. The third kappa shape index (κ3) is 3.74. The quantitative estimate of drug-likeness (QED) is 0.584. The van der Waals surface area contributed by atoms with Crippen LogP contribution in [-0.2, 0) is 17.9 Å². The monoisotopic (exact) mass is 384 g/mol. The minimum Gasteiger partial charge on any atom is -0.508 e. The lowest BCUT2D eigenvalue weighted by atomic mass is 10.1. The standard InChI is InChI=1S/C21H21ClN2O3/c1-21(6-7-21)20(26)23-11-15-8-14-9-16(22)19(10-17(14)24-15)27-12-13-4-2-3-5-18(13)25/h2-5,8-10,24-25H,6-7,11-12H2,1H3,(H,23,26). The van der Waals surface area contributed by atoms with Crippen molar-refractivity contribution in [2.45, 2.75) is 32.9 Å². The second kappa shape index (κ2) is 6.82. The molecule has 0 atom stereocenters. The van der Waals surface area contributed by atoms with E-state index < -0.39 is 0 Å². The Labute approximate surface area is 162 Å². The van der Waals surface area contributed by atoms with Crippen LogP contribution in [-0.4, -0.2) is 16.0 Å². The van der Waals surface area contributed by atoms with Crippen LogP contribution in [0.5, 0.6) is 11.5 Å². The number of ether oxygens (including phenoxy) is 1. The van der Waals surface area contributed by atoms with Crippen molar-refractivity contribution in [1.82, 2.24) is 10.3 Å². The molecule has 1 fully saturated rings. The molecule has 0 spiro atoms. The molecule has 0 bridgehead atoms. The normalized spacial score (nSPS) is 14.9. The van der Waals surface area contributed by atoms with Gasteiger partial charge in [0.1, 0.15) is 18.1 Å². The SMILES string of the molecule is CC1(C(=O)NCc2cc3cc(Cl)c(OCc4ccccc4O)cc3[nH]2)CC1. The largest absolute Gasteiger partial charge is 0.508 e. The Bertz CT molecular complexity index is 1010. The highest BCUT2D eigenvalue weighted by molar-refractivity contribution is 6.32. The number of para-hydroxylation sites is 1. The Morgan fingerprint density at radius 3 is 2.81 bits per heavy atom. The maximum atomic E-state index is 12.1. The highest BCUT2D eigenvalue weighted by Crippen LogP contribution is 2.45. The van der Waals surface area contributed by atoms with Crippen molar-refractivity contribution < 1.29 is 14.6 Å². The number of H-pyrrole nitrogens is 1.